The molecule has 0 spiro atoms. The van der Waals surface area contributed by atoms with Crippen LogP contribution in [0.3, 0.4) is 0 Å². The highest BCUT2D eigenvalue weighted by atomic mass is 32.2. The summed E-state index contributed by atoms with van der Waals surface area (Å²) in [6.07, 6.45) is 1.51. The Labute approximate surface area is 141 Å². The summed E-state index contributed by atoms with van der Waals surface area (Å²) in [7, 11) is 0. The number of nitro groups is 1. The normalized spacial score (nSPS) is 14.5. The number of esters is 1. The van der Waals surface area contributed by atoms with Gasteiger partial charge in [0, 0.05) is 35.1 Å². The Balaban J connectivity index is 2.05. The number of ketones is 1. The van der Waals surface area contributed by atoms with Gasteiger partial charge in [-0.25, -0.2) is 0 Å². The summed E-state index contributed by atoms with van der Waals surface area (Å²) >= 11 is 1.28. The number of rotatable bonds is 3. The van der Waals surface area contributed by atoms with Crippen LogP contribution in [0.2, 0.25) is 0 Å². The lowest BCUT2D eigenvalue weighted by atomic mass is 10.1. The Morgan fingerprint density at radius 3 is 2.67 bits per heavy atom. The number of Topliss-reactive ketones (excluding diaryl/α,β-unsaturated/α-hetero) is 1. The van der Waals surface area contributed by atoms with Crippen LogP contribution in [0, 0.1) is 10.1 Å². The van der Waals surface area contributed by atoms with Gasteiger partial charge >= 0.3 is 5.97 Å². The molecule has 0 saturated carbocycles. The molecule has 0 saturated heterocycles. The Morgan fingerprint density at radius 2 is 2.00 bits per heavy atom. The summed E-state index contributed by atoms with van der Waals surface area (Å²) in [6, 6.07) is 11.0. The largest absolute Gasteiger partial charge is 0.426 e. The highest BCUT2D eigenvalue weighted by molar-refractivity contribution is 8.04. The molecule has 0 radical (unpaired) electrons. The van der Waals surface area contributed by atoms with Crippen molar-refractivity contribution in [2.75, 3.05) is 0 Å². The van der Waals surface area contributed by atoms with Crippen molar-refractivity contribution in [3.05, 3.63) is 68.6 Å². The van der Waals surface area contributed by atoms with Crippen LogP contribution in [-0.2, 0) is 4.79 Å². The summed E-state index contributed by atoms with van der Waals surface area (Å²) in [5.41, 5.74) is 0.752. The fraction of sp³-hybridized carbons (Fsp3) is 0.0588. The molecule has 1 heterocycles. The minimum absolute atomic E-state index is 0.147. The van der Waals surface area contributed by atoms with Gasteiger partial charge in [-0.2, -0.15) is 0 Å². The molecule has 0 atom stereocenters. The average Bonchev–Trinajstić information content (AvgIpc) is 2.85. The number of hydrogen-bond acceptors (Lipinski definition) is 6. The lowest BCUT2D eigenvalue weighted by molar-refractivity contribution is -0.384. The van der Waals surface area contributed by atoms with Gasteiger partial charge in [-0.05, 0) is 24.3 Å². The molecule has 1 aliphatic rings. The first-order valence-corrected chi connectivity index (χ1v) is 7.77. The van der Waals surface area contributed by atoms with E-state index in [1.54, 1.807) is 12.1 Å². The van der Waals surface area contributed by atoms with E-state index in [-0.39, 0.29) is 17.2 Å². The monoisotopic (exact) mass is 341 g/mol. The third kappa shape index (κ3) is 3.07. The second kappa shape index (κ2) is 6.29. The van der Waals surface area contributed by atoms with Crippen LogP contribution >= 0.6 is 11.8 Å². The molecule has 0 N–H and O–H groups in total. The first-order chi connectivity index (χ1) is 11.5. The minimum Gasteiger partial charge on any atom is -0.426 e. The van der Waals surface area contributed by atoms with Crippen LogP contribution in [0.15, 0.2) is 52.3 Å². The number of nitro benzene ring substituents is 1. The number of non-ortho nitro benzene ring substituents is 1. The van der Waals surface area contributed by atoms with E-state index in [1.807, 2.05) is 12.1 Å². The van der Waals surface area contributed by atoms with E-state index in [2.05, 4.69) is 0 Å². The molecule has 0 aromatic heterocycles. The van der Waals surface area contributed by atoms with Gasteiger partial charge in [-0.15, -0.1) is 0 Å². The molecule has 24 heavy (non-hydrogen) atoms. The van der Waals surface area contributed by atoms with Crippen molar-refractivity contribution in [2.24, 2.45) is 0 Å². The fourth-order valence-electron chi connectivity index (χ4n) is 2.29. The third-order valence-corrected chi connectivity index (χ3v) is 4.42. The van der Waals surface area contributed by atoms with E-state index in [0.717, 1.165) is 4.90 Å². The molecule has 1 aliphatic heterocycles. The van der Waals surface area contributed by atoms with Crippen molar-refractivity contribution in [2.45, 2.75) is 11.8 Å². The molecular weight excluding hydrogens is 330 g/mol. The third-order valence-electron chi connectivity index (χ3n) is 3.32. The average molecular weight is 341 g/mol. The molecule has 0 fully saturated rings. The lowest BCUT2D eigenvalue weighted by Crippen LogP contribution is -2.03. The molecule has 2 aromatic rings. The molecule has 6 nitrogen and oxygen atoms in total. The molecular formula is C17H11NO5S. The van der Waals surface area contributed by atoms with E-state index in [1.165, 1.54) is 43.0 Å². The van der Waals surface area contributed by atoms with E-state index < -0.39 is 10.9 Å². The highest BCUT2D eigenvalue weighted by Crippen LogP contribution is 2.41. The van der Waals surface area contributed by atoms with Crippen LogP contribution in [-0.4, -0.2) is 16.7 Å². The standard InChI is InChI=1S/C17H11NO5S/c1-10(19)23-14-7-6-12(18(21)22)8-11(14)9-16-17(20)13-4-2-3-5-15(13)24-16/h2-9H,1H3. The molecule has 0 amide bonds. The topological polar surface area (TPSA) is 86.5 Å². The quantitative estimate of drug-likeness (QED) is 0.277. The van der Waals surface area contributed by atoms with Gasteiger partial charge < -0.3 is 4.74 Å². The van der Waals surface area contributed by atoms with Crippen molar-refractivity contribution in [1.82, 2.24) is 0 Å². The number of hydrogen-bond donors (Lipinski definition) is 0. The smallest absolute Gasteiger partial charge is 0.308 e. The van der Waals surface area contributed by atoms with Crippen LogP contribution in [0.1, 0.15) is 22.8 Å². The van der Waals surface area contributed by atoms with Gasteiger partial charge in [0.1, 0.15) is 5.75 Å². The van der Waals surface area contributed by atoms with Crippen molar-refractivity contribution in [3.63, 3.8) is 0 Å². The minimum atomic E-state index is -0.544. The van der Waals surface area contributed by atoms with Crippen molar-refractivity contribution < 1.29 is 19.2 Å². The first-order valence-electron chi connectivity index (χ1n) is 6.96. The van der Waals surface area contributed by atoms with Gasteiger partial charge in [0.2, 0.25) is 5.78 Å². The molecule has 0 unspecified atom stereocenters. The molecule has 120 valence electrons. The number of carbonyl (C=O) groups excluding carboxylic acids is 2. The summed E-state index contributed by atoms with van der Waals surface area (Å²) < 4.78 is 5.08. The Kier molecular flexibility index (Phi) is 4.18. The number of thioether (sulfide) groups is 1. The summed E-state index contributed by atoms with van der Waals surface area (Å²) in [5.74, 6) is -0.530. The molecule has 0 bridgehead atoms. The van der Waals surface area contributed by atoms with Crippen molar-refractivity contribution in [3.8, 4) is 5.75 Å². The van der Waals surface area contributed by atoms with Gasteiger partial charge in [0.15, 0.2) is 0 Å². The van der Waals surface area contributed by atoms with Gasteiger partial charge in [-0.3, -0.25) is 19.7 Å². The lowest BCUT2D eigenvalue weighted by Gasteiger charge is -2.06. The maximum atomic E-state index is 12.4. The van der Waals surface area contributed by atoms with Gasteiger partial charge in [0.05, 0.1) is 9.83 Å². The summed E-state index contributed by atoms with van der Waals surface area (Å²) in [6.45, 7) is 1.24. The predicted octanol–water partition coefficient (Wildman–Crippen LogP) is 3.85. The van der Waals surface area contributed by atoms with Crippen LogP contribution in [0.4, 0.5) is 5.69 Å². The van der Waals surface area contributed by atoms with Crippen LogP contribution in [0.25, 0.3) is 6.08 Å². The van der Waals surface area contributed by atoms with Crippen molar-refractivity contribution >= 4 is 35.3 Å². The Bertz CT molecular complexity index is 904. The van der Waals surface area contributed by atoms with E-state index in [0.29, 0.717) is 16.0 Å². The maximum Gasteiger partial charge on any atom is 0.308 e. The van der Waals surface area contributed by atoms with E-state index in [9.17, 15) is 19.7 Å². The van der Waals surface area contributed by atoms with Crippen LogP contribution < -0.4 is 4.74 Å². The zero-order chi connectivity index (χ0) is 17.3. The number of nitrogens with zero attached hydrogens (tertiary/aromatic N) is 1. The number of allylic oxidation sites excluding steroid dienone is 1. The highest BCUT2D eigenvalue weighted by Gasteiger charge is 2.26. The SMILES string of the molecule is CC(=O)Oc1ccc([N+](=O)[O-])cc1C=C1Sc2ccccc2C1=O. The van der Waals surface area contributed by atoms with Crippen molar-refractivity contribution in [1.29, 1.82) is 0 Å². The second-order valence-electron chi connectivity index (χ2n) is 5.01. The second-order valence-corrected chi connectivity index (χ2v) is 6.09. The van der Waals surface area contributed by atoms with Gasteiger partial charge in [-0.1, -0.05) is 23.9 Å². The summed E-state index contributed by atoms with van der Waals surface area (Å²) in [5, 5.41) is 11.0. The van der Waals surface area contributed by atoms with Crippen LogP contribution in [0.5, 0.6) is 5.75 Å². The van der Waals surface area contributed by atoms with Gasteiger partial charge in [0.25, 0.3) is 5.69 Å². The van der Waals surface area contributed by atoms with E-state index in [4.69, 9.17) is 4.74 Å². The first kappa shape index (κ1) is 15.9. The zero-order valence-corrected chi connectivity index (χ0v) is 13.3. The summed E-state index contributed by atoms with van der Waals surface area (Å²) in [4.78, 5) is 35.3. The number of ether oxygens (including phenoxy) is 1. The fourth-order valence-corrected chi connectivity index (χ4v) is 3.33. The number of benzene rings is 2. The van der Waals surface area contributed by atoms with E-state index >= 15 is 0 Å². The molecule has 0 aliphatic carbocycles. The molecule has 7 heteroatoms. The molecule has 3 rings (SSSR count). The number of fused-ring (bicyclic) bond motifs is 1. The molecule has 2 aromatic carbocycles. The Hall–Kier alpha value is -2.93. The Morgan fingerprint density at radius 1 is 1.25 bits per heavy atom. The zero-order valence-electron chi connectivity index (χ0n) is 12.5. The number of carbonyl (C=O) groups is 2. The maximum absolute atomic E-state index is 12.4. The predicted molar refractivity (Wildman–Crippen MR) is 89.0 cm³/mol.